The van der Waals surface area contributed by atoms with E-state index in [0.717, 1.165) is 31.7 Å². The highest BCUT2D eigenvalue weighted by molar-refractivity contribution is 5.42. The number of pyridine rings is 1. The molecule has 0 aliphatic carbocycles. The number of piperidine rings is 1. The Balaban J connectivity index is 2.00. The predicted molar refractivity (Wildman–Crippen MR) is 63.2 cm³/mol. The van der Waals surface area contributed by atoms with E-state index in [0.29, 0.717) is 11.6 Å². The van der Waals surface area contributed by atoms with Crippen LogP contribution in [0.1, 0.15) is 18.4 Å². The van der Waals surface area contributed by atoms with Crippen molar-refractivity contribution in [1.29, 1.82) is 5.26 Å². The number of nitrogens with zero attached hydrogens (tertiary/aromatic N) is 3. The maximum Gasteiger partial charge on any atom is 0.128 e. The Hall–Kier alpha value is -1.60. The van der Waals surface area contributed by atoms with Gasteiger partial charge in [-0.1, -0.05) is 0 Å². The predicted octanol–water partition coefficient (Wildman–Crippen LogP) is 1.14. The average molecular weight is 216 g/mol. The van der Waals surface area contributed by atoms with E-state index in [1.807, 2.05) is 19.2 Å². The van der Waals surface area contributed by atoms with E-state index in [1.54, 1.807) is 6.20 Å². The minimum absolute atomic E-state index is 0.619. The van der Waals surface area contributed by atoms with Gasteiger partial charge in [-0.3, -0.25) is 0 Å². The molecule has 0 radical (unpaired) electrons. The average Bonchev–Trinajstić information content (AvgIpc) is 2.39. The van der Waals surface area contributed by atoms with Crippen molar-refractivity contribution < 1.29 is 0 Å². The van der Waals surface area contributed by atoms with Gasteiger partial charge in [0.15, 0.2) is 0 Å². The summed E-state index contributed by atoms with van der Waals surface area (Å²) >= 11 is 0. The van der Waals surface area contributed by atoms with E-state index in [9.17, 15) is 0 Å². The van der Waals surface area contributed by atoms with Crippen molar-refractivity contribution in [2.24, 2.45) is 0 Å². The second-order valence-corrected chi connectivity index (χ2v) is 4.07. The van der Waals surface area contributed by atoms with E-state index in [1.165, 1.54) is 0 Å². The molecule has 0 bridgehead atoms. The second kappa shape index (κ2) is 4.95. The molecule has 84 valence electrons. The van der Waals surface area contributed by atoms with Crippen molar-refractivity contribution >= 4 is 5.82 Å². The van der Waals surface area contributed by atoms with Gasteiger partial charge in [-0.25, -0.2) is 4.98 Å². The molecule has 0 spiro atoms. The van der Waals surface area contributed by atoms with Gasteiger partial charge in [0.05, 0.1) is 5.56 Å². The Bertz CT molecular complexity index is 371. The molecule has 2 rings (SSSR count). The molecule has 1 aliphatic heterocycles. The molecule has 0 saturated carbocycles. The number of aromatic nitrogens is 1. The van der Waals surface area contributed by atoms with Crippen LogP contribution >= 0.6 is 0 Å². The third-order valence-corrected chi connectivity index (χ3v) is 3.10. The minimum atomic E-state index is 0.619. The molecular weight excluding hydrogens is 200 g/mol. The van der Waals surface area contributed by atoms with Crippen molar-refractivity contribution in [3.63, 3.8) is 0 Å². The number of rotatable bonds is 2. The van der Waals surface area contributed by atoms with E-state index < -0.39 is 0 Å². The van der Waals surface area contributed by atoms with Crippen LogP contribution in [0, 0.1) is 11.3 Å². The third-order valence-electron chi connectivity index (χ3n) is 3.10. The Morgan fingerprint density at radius 1 is 1.44 bits per heavy atom. The largest absolute Gasteiger partial charge is 0.357 e. The van der Waals surface area contributed by atoms with Crippen LogP contribution in [-0.4, -0.2) is 31.2 Å². The summed E-state index contributed by atoms with van der Waals surface area (Å²) in [7, 11) is 2.01. The van der Waals surface area contributed by atoms with Gasteiger partial charge in [0.2, 0.25) is 0 Å². The summed E-state index contributed by atoms with van der Waals surface area (Å²) in [5, 5.41) is 12.0. The van der Waals surface area contributed by atoms with Crippen LogP contribution in [0.2, 0.25) is 0 Å². The van der Waals surface area contributed by atoms with Crippen LogP contribution in [0.25, 0.3) is 0 Å². The lowest BCUT2D eigenvalue weighted by Crippen LogP contribution is -2.41. The molecule has 0 atom stereocenters. The number of hydrogen-bond acceptors (Lipinski definition) is 4. The highest BCUT2D eigenvalue weighted by Gasteiger charge is 2.18. The van der Waals surface area contributed by atoms with E-state index in [-0.39, 0.29) is 0 Å². The van der Waals surface area contributed by atoms with Crippen LogP contribution in [0.3, 0.4) is 0 Å². The Morgan fingerprint density at radius 2 is 2.19 bits per heavy atom. The first-order valence-electron chi connectivity index (χ1n) is 5.62. The van der Waals surface area contributed by atoms with Crippen molar-refractivity contribution in [1.82, 2.24) is 10.3 Å². The van der Waals surface area contributed by atoms with Crippen molar-refractivity contribution in [2.45, 2.75) is 18.9 Å². The molecule has 1 fully saturated rings. The van der Waals surface area contributed by atoms with Gasteiger partial charge in [0.25, 0.3) is 0 Å². The van der Waals surface area contributed by atoms with Gasteiger partial charge in [-0.2, -0.15) is 5.26 Å². The van der Waals surface area contributed by atoms with Gasteiger partial charge in [-0.15, -0.1) is 0 Å². The summed E-state index contributed by atoms with van der Waals surface area (Å²) in [4.78, 5) is 6.58. The van der Waals surface area contributed by atoms with Crippen LogP contribution in [-0.2, 0) is 0 Å². The molecule has 0 unspecified atom stereocenters. The van der Waals surface area contributed by atoms with E-state index in [2.05, 4.69) is 21.3 Å². The van der Waals surface area contributed by atoms with Gasteiger partial charge >= 0.3 is 0 Å². The number of nitrogens with one attached hydrogen (secondary N) is 1. The molecule has 16 heavy (non-hydrogen) atoms. The first kappa shape index (κ1) is 10.9. The highest BCUT2D eigenvalue weighted by Crippen LogP contribution is 2.17. The fourth-order valence-electron chi connectivity index (χ4n) is 2.04. The molecule has 0 amide bonds. The molecule has 4 heteroatoms. The number of anilines is 1. The zero-order valence-corrected chi connectivity index (χ0v) is 9.48. The molecule has 1 aromatic heterocycles. The van der Waals surface area contributed by atoms with E-state index >= 15 is 0 Å². The molecule has 0 aromatic carbocycles. The Labute approximate surface area is 95.9 Å². The second-order valence-electron chi connectivity index (χ2n) is 4.07. The summed E-state index contributed by atoms with van der Waals surface area (Å²) < 4.78 is 0. The fraction of sp³-hybridized carbons (Fsp3) is 0.500. The minimum Gasteiger partial charge on any atom is -0.357 e. The number of hydrogen-bond donors (Lipinski definition) is 1. The summed E-state index contributed by atoms with van der Waals surface area (Å²) in [6.07, 6.45) is 3.94. The smallest absolute Gasteiger partial charge is 0.128 e. The summed E-state index contributed by atoms with van der Waals surface area (Å²) in [5.41, 5.74) is 0.619. The fourth-order valence-corrected chi connectivity index (χ4v) is 2.04. The Morgan fingerprint density at radius 3 is 2.69 bits per heavy atom. The van der Waals surface area contributed by atoms with Gasteiger partial charge in [0.1, 0.15) is 11.9 Å². The van der Waals surface area contributed by atoms with Crippen molar-refractivity contribution in [3.8, 4) is 6.07 Å². The quantitative estimate of drug-likeness (QED) is 0.805. The maximum atomic E-state index is 8.69. The Kier molecular flexibility index (Phi) is 3.37. The molecule has 4 nitrogen and oxygen atoms in total. The van der Waals surface area contributed by atoms with Crippen LogP contribution in [0.15, 0.2) is 18.3 Å². The summed E-state index contributed by atoms with van der Waals surface area (Å²) in [6.45, 7) is 2.06. The lowest BCUT2D eigenvalue weighted by Gasteiger charge is -2.32. The van der Waals surface area contributed by atoms with Crippen molar-refractivity contribution in [2.75, 3.05) is 25.0 Å². The molecule has 1 saturated heterocycles. The zero-order valence-electron chi connectivity index (χ0n) is 9.48. The standard InChI is InChI=1S/C12H16N4/c1-14-11-4-6-16(7-5-11)12-3-2-10(8-13)9-15-12/h2-3,9,11,14H,4-7H2,1H3. The summed E-state index contributed by atoms with van der Waals surface area (Å²) in [6, 6.07) is 6.47. The molecule has 1 N–H and O–H groups in total. The SMILES string of the molecule is CNC1CCN(c2ccc(C#N)cn2)CC1. The summed E-state index contributed by atoms with van der Waals surface area (Å²) in [5.74, 6) is 0.980. The van der Waals surface area contributed by atoms with Crippen molar-refractivity contribution in [3.05, 3.63) is 23.9 Å². The molecule has 1 aromatic rings. The monoisotopic (exact) mass is 216 g/mol. The zero-order chi connectivity index (χ0) is 11.4. The third kappa shape index (κ3) is 2.31. The topological polar surface area (TPSA) is 52.0 Å². The highest BCUT2D eigenvalue weighted by atomic mass is 15.2. The molecular formula is C12H16N4. The normalized spacial score (nSPS) is 17.1. The molecule has 2 heterocycles. The number of nitriles is 1. The lowest BCUT2D eigenvalue weighted by molar-refractivity contribution is 0.441. The molecule has 1 aliphatic rings. The van der Waals surface area contributed by atoms with Gasteiger partial charge in [-0.05, 0) is 32.0 Å². The first-order chi connectivity index (χ1) is 7.83. The van der Waals surface area contributed by atoms with Crippen LogP contribution in [0.5, 0.6) is 0 Å². The lowest BCUT2D eigenvalue weighted by atomic mass is 10.1. The van der Waals surface area contributed by atoms with Gasteiger partial charge in [0, 0.05) is 25.3 Å². The maximum absolute atomic E-state index is 8.69. The van der Waals surface area contributed by atoms with E-state index in [4.69, 9.17) is 5.26 Å². The first-order valence-corrected chi connectivity index (χ1v) is 5.62. The van der Waals surface area contributed by atoms with Crippen LogP contribution < -0.4 is 10.2 Å². The van der Waals surface area contributed by atoms with Crippen LogP contribution in [0.4, 0.5) is 5.82 Å². The van der Waals surface area contributed by atoms with Gasteiger partial charge < -0.3 is 10.2 Å².